The van der Waals surface area contributed by atoms with Crippen LogP contribution in [0.1, 0.15) is 0 Å². The number of anilines is 2. The quantitative estimate of drug-likeness (QED) is 0.482. The minimum absolute atomic E-state index is 0.0156. The van der Waals surface area contributed by atoms with E-state index < -0.39 is 9.85 Å². The van der Waals surface area contributed by atoms with Crippen LogP contribution in [0.2, 0.25) is 0 Å². The monoisotopic (exact) mass is 458 g/mol. The van der Waals surface area contributed by atoms with Crippen molar-refractivity contribution in [3.05, 3.63) is 65.6 Å². The third-order valence-corrected chi connectivity index (χ3v) is 4.70. The molecule has 126 valence electrons. The molecule has 0 aromatic heterocycles. The molecule has 0 amide bonds. The van der Waals surface area contributed by atoms with E-state index in [1.54, 1.807) is 36.2 Å². The van der Waals surface area contributed by atoms with Crippen LogP contribution in [-0.2, 0) is 0 Å². The van der Waals surface area contributed by atoms with Gasteiger partial charge in [0.15, 0.2) is 0 Å². The second-order valence-electron chi connectivity index (χ2n) is 4.83. The summed E-state index contributed by atoms with van der Waals surface area (Å²) in [5.41, 5.74) is 1.37. The van der Waals surface area contributed by atoms with E-state index in [9.17, 15) is 20.2 Å². The molecule has 10 heteroatoms. The first kappa shape index (κ1) is 18.1. The van der Waals surface area contributed by atoms with Crippen LogP contribution in [0.5, 0.6) is 0 Å². The highest BCUT2D eigenvalue weighted by Crippen LogP contribution is 2.34. The van der Waals surface area contributed by atoms with Gasteiger partial charge in [0.25, 0.3) is 11.4 Å². The molecule has 0 heterocycles. The molecule has 0 spiro atoms. The highest BCUT2D eigenvalue weighted by molar-refractivity contribution is 9.11. The third-order valence-electron chi connectivity index (χ3n) is 3.43. The van der Waals surface area contributed by atoms with E-state index in [0.717, 1.165) is 0 Å². The fourth-order valence-electron chi connectivity index (χ4n) is 2.07. The Morgan fingerprint density at radius 1 is 0.792 bits per heavy atom. The predicted octanol–water partition coefficient (Wildman–Crippen LogP) is 4.52. The van der Waals surface area contributed by atoms with E-state index in [1.165, 1.54) is 24.3 Å². The van der Waals surface area contributed by atoms with Gasteiger partial charge in [-0.05, 0) is 44.0 Å². The van der Waals surface area contributed by atoms with Crippen LogP contribution in [0.15, 0.2) is 45.3 Å². The van der Waals surface area contributed by atoms with Crippen molar-refractivity contribution >= 4 is 54.6 Å². The Labute approximate surface area is 154 Å². The van der Waals surface area contributed by atoms with E-state index in [0.29, 0.717) is 20.3 Å². The van der Waals surface area contributed by atoms with Crippen LogP contribution in [-0.4, -0.2) is 23.9 Å². The number of benzene rings is 2. The van der Waals surface area contributed by atoms with Crippen LogP contribution >= 0.6 is 31.9 Å². The number of hydrogen-bond acceptors (Lipinski definition) is 6. The molecule has 0 radical (unpaired) electrons. The first-order chi connectivity index (χ1) is 11.2. The van der Waals surface area contributed by atoms with Crippen molar-refractivity contribution in [1.82, 2.24) is 0 Å². The maximum atomic E-state index is 10.8. The van der Waals surface area contributed by atoms with Crippen molar-refractivity contribution < 1.29 is 9.85 Å². The summed E-state index contributed by atoms with van der Waals surface area (Å²) in [6.07, 6.45) is 0. The molecule has 0 aliphatic carbocycles. The lowest BCUT2D eigenvalue weighted by Gasteiger charge is -2.33. The van der Waals surface area contributed by atoms with Gasteiger partial charge < -0.3 is 0 Å². The van der Waals surface area contributed by atoms with Gasteiger partial charge in [-0.2, -0.15) is 0 Å². The normalized spacial score (nSPS) is 10.3. The van der Waals surface area contributed by atoms with Crippen molar-refractivity contribution in [2.24, 2.45) is 0 Å². The number of nitro benzene ring substituents is 2. The zero-order valence-electron chi connectivity index (χ0n) is 12.6. The third kappa shape index (κ3) is 3.65. The average molecular weight is 460 g/mol. The second-order valence-corrected chi connectivity index (χ2v) is 6.54. The average Bonchev–Trinajstić information content (AvgIpc) is 2.53. The Hall–Kier alpha value is -2.20. The maximum absolute atomic E-state index is 10.8. The number of nitro groups is 2. The summed E-state index contributed by atoms with van der Waals surface area (Å²) in [6, 6.07) is 8.91. The van der Waals surface area contributed by atoms with E-state index in [2.05, 4.69) is 31.9 Å². The summed E-state index contributed by atoms with van der Waals surface area (Å²) < 4.78 is 1.12. The summed E-state index contributed by atoms with van der Waals surface area (Å²) in [5.74, 6) is 0. The smallest absolute Gasteiger partial charge is 0.270 e. The molecular formula is C14H12Br2N4O4. The molecule has 0 bridgehead atoms. The fourth-order valence-corrected chi connectivity index (χ4v) is 3.31. The van der Waals surface area contributed by atoms with Crippen molar-refractivity contribution in [3.8, 4) is 0 Å². The summed E-state index contributed by atoms with van der Waals surface area (Å²) in [6.45, 7) is 0. The van der Waals surface area contributed by atoms with Gasteiger partial charge in [-0.3, -0.25) is 30.2 Å². The lowest BCUT2D eigenvalue weighted by molar-refractivity contribution is -0.385. The summed E-state index contributed by atoms with van der Waals surface area (Å²) in [5, 5.41) is 25.2. The molecule has 0 atom stereocenters. The Morgan fingerprint density at radius 2 is 1.12 bits per heavy atom. The minimum Gasteiger partial charge on any atom is -0.287 e. The molecule has 0 saturated heterocycles. The first-order valence-electron chi connectivity index (χ1n) is 6.57. The van der Waals surface area contributed by atoms with Crippen molar-refractivity contribution in [1.29, 1.82) is 0 Å². The van der Waals surface area contributed by atoms with Gasteiger partial charge in [-0.25, -0.2) is 0 Å². The summed E-state index contributed by atoms with van der Waals surface area (Å²) in [4.78, 5) is 20.7. The standard InChI is InChI=1S/C14H12Br2N4O4/c1-17(13-5-3-9(19(21)22)7-11(13)15)18(2)14-6-4-10(20(23)24)8-12(14)16/h3-8H,1-2H3. The van der Waals surface area contributed by atoms with Crippen LogP contribution in [0.4, 0.5) is 22.7 Å². The highest BCUT2D eigenvalue weighted by Gasteiger charge is 2.18. The minimum atomic E-state index is -0.467. The molecule has 0 fully saturated rings. The maximum Gasteiger partial charge on any atom is 0.270 e. The van der Waals surface area contributed by atoms with Crippen molar-refractivity contribution in [2.45, 2.75) is 0 Å². The summed E-state index contributed by atoms with van der Waals surface area (Å²) >= 11 is 6.66. The molecular weight excluding hydrogens is 448 g/mol. The number of nitrogens with zero attached hydrogens (tertiary/aromatic N) is 4. The van der Waals surface area contributed by atoms with E-state index in [-0.39, 0.29) is 11.4 Å². The topological polar surface area (TPSA) is 92.8 Å². The molecule has 0 unspecified atom stereocenters. The zero-order chi connectivity index (χ0) is 18.0. The fraction of sp³-hybridized carbons (Fsp3) is 0.143. The lowest BCUT2D eigenvalue weighted by Crippen LogP contribution is -2.37. The van der Waals surface area contributed by atoms with Crippen LogP contribution in [0, 0.1) is 20.2 Å². The van der Waals surface area contributed by atoms with Crippen LogP contribution in [0.3, 0.4) is 0 Å². The summed E-state index contributed by atoms with van der Waals surface area (Å²) in [7, 11) is 3.56. The molecule has 0 aliphatic heterocycles. The van der Waals surface area contributed by atoms with Gasteiger partial charge in [0.05, 0.1) is 21.2 Å². The Bertz CT molecular complexity index is 748. The Morgan fingerprint density at radius 3 is 1.38 bits per heavy atom. The number of hydrogen-bond donors (Lipinski definition) is 0. The molecule has 0 N–H and O–H groups in total. The molecule has 0 saturated carbocycles. The highest BCUT2D eigenvalue weighted by atomic mass is 79.9. The largest absolute Gasteiger partial charge is 0.287 e. The Balaban J connectivity index is 2.34. The number of hydrazine groups is 1. The molecule has 2 aromatic rings. The van der Waals surface area contributed by atoms with Gasteiger partial charge in [0.1, 0.15) is 0 Å². The Kier molecular flexibility index (Phi) is 5.40. The van der Waals surface area contributed by atoms with Gasteiger partial charge in [0, 0.05) is 47.3 Å². The second kappa shape index (κ2) is 7.14. The zero-order valence-corrected chi connectivity index (χ0v) is 15.8. The molecule has 8 nitrogen and oxygen atoms in total. The number of non-ortho nitro benzene ring substituents is 2. The molecule has 24 heavy (non-hydrogen) atoms. The van der Waals surface area contributed by atoms with Gasteiger partial charge in [0.2, 0.25) is 0 Å². The lowest BCUT2D eigenvalue weighted by atomic mass is 10.2. The number of halogens is 2. The van der Waals surface area contributed by atoms with Gasteiger partial charge >= 0.3 is 0 Å². The predicted molar refractivity (Wildman–Crippen MR) is 98.4 cm³/mol. The van der Waals surface area contributed by atoms with Crippen LogP contribution < -0.4 is 10.0 Å². The van der Waals surface area contributed by atoms with E-state index in [4.69, 9.17) is 0 Å². The van der Waals surface area contributed by atoms with E-state index >= 15 is 0 Å². The molecule has 0 aliphatic rings. The SMILES string of the molecule is CN(c1ccc([N+](=O)[O-])cc1Br)N(C)c1ccc([N+](=O)[O-])cc1Br. The van der Waals surface area contributed by atoms with Gasteiger partial charge in [-0.1, -0.05) is 0 Å². The van der Waals surface area contributed by atoms with Crippen molar-refractivity contribution in [2.75, 3.05) is 24.1 Å². The van der Waals surface area contributed by atoms with E-state index in [1.807, 2.05) is 0 Å². The first-order valence-corrected chi connectivity index (χ1v) is 8.16. The molecule has 2 rings (SSSR count). The molecule has 2 aromatic carbocycles. The van der Waals surface area contributed by atoms with Crippen molar-refractivity contribution in [3.63, 3.8) is 0 Å². The number of rotatable bonds is 5. The van der Waals surface area contributed by atoms with Gasteiger partial charge in [-0.15, -0.1) is 0 Å². The van der Waals surface area contributed by atoms with Crippen LogP contribution in [0.25, 0.3) is 0 Å².